The minimum atomic E-state index is -4.54. The van der Waals surface area contributed by atoms with Crippen LogP contribution in [0, 0.1) is 0 Å². The van der Waals surface area contributed by atoms with E-state index in [9.17, 15) is 27.9 Å². The zero-order chi connectivity index (χ0) is 24.6. The Morgan fingerprint density at radius 2 is 1.26 bits per heavy atom. The van der Waals surface area contributed by atoms with Crippen molar-refractivity contribution in [2.75, 3.05) is 5.32 Å². The third-order valence-corrected chi connectivity index (χ3v) is 5.37. The van der Waals surface area contributed by atoms with Crippen molar-refractivity contribution in [2.45, 2.75) is 6.18 Å². The summed E-state index contributed by atoms with van der Waals surface area (Å²) in [5.41, 5.74) is -1.74. The molecule has 0 spiro atoms. The fourth-order valence-corrected chi connectivity index (χ4v) is 3.51. The van der Waals surface area contributed by atoms with Gasteiger partial charge in [0.1, 0.15) is 0 Å². The molecule has 34 heavy (non-hydrogen) atoms. The molecule has 0 atom stereocenters. The molecular weight excluding hydrogens is 494 g/mol. The van der Waals surface area contributed by atoms with Crippen LogP contribution in [0.4, 0.5) is 18.9 Å². The lowest BCUT2D eigenvalue weighted by Crippen LogP contribution is -2.25. The van der Waals surface area contributed by atoms with E-state index in [4.69, 9.17) is 23.2 Å². The number of anilines is 1. The molecule has 0 unspecified atom stereocenters. The number of benzene rings is 3. The maximum Gasteiger partial charge on any atom is 0.416 e. The first kappa shape index (κ1) is 23.5. The predicted octanol–water partition coefficient (Wildman–Crippen LogP) is 5.91. The minimum Gasteiger partial charge on any atom is -0.493 e. The van der Waals surface area contributed by atoms with Gasteiger partial charge in [-0.15, -0.1) is 0 Å². The third-order valence-electron chi connectivity index (χ3n) is 4.87. The summed E-state index contributed by atoms with van der Waals surface area (Å²) in [7, 11) is 0. The van der Waals surface area contributed by atoms with Crippen LogP contribution in [0.5, 0.6) is 5.88 Å². The Kier molecular flexibility index (Phi) is 6.16. The van der Waals surface area contributed by atoms with E-state index in [1.165, 1.54) is 48.5 Å². The molecule has 0 radical (unpaired) electrons. The van der Waals surface area contributed by atoms with Crippen LogP contribution in [0.25, 0.3) is 11.4 Å². The predicted molar refractivity (Wildman–Crippen MR) is 122 cm³/mol. The SMILES string of the molecule is O=C(Nc1ccc(C(F)(F)F)cc1)c1c(O)n(-c2ccc(Cl)cc2)n(-c2ccc(Cl)cc2)c1=O. The molecule has 11 heteroatoms. The number of aromatic hydroxyl groups is 1. The van der Waals surface area contributed by atoms with Gasteiger partial charge in [0.15, 0.2) is 5.56 Å². The number of nitrogens with zero attached hydrogens (tertiary/aromatic N) is 2. The summed E-state index contributed by atoms with van der Waals surface area (Å²) in [6.07, 6.45) is -4.54. The number of hydrogen-bond donors (Lipinski definition) is 2. The Hall–Kier alpha value is -3.69. The number of carbonyl (C=O) groups excluding carboxylic acids is 1. The Balaban J connectivity index is 1.81. The van der Waals surface area contributed by atoms with Crippen LogP contribution in [0.1, 0.15) is 15.9 Å². The highest BCUT2D eigenvalue weighted by Gasteiger charge is 2.31. The molecule has 1 amide bonds. The van der Waals surface area contributed by atoms with Crippen LogP contribution >= 0.6 is 23.2 Å². The number of nitrogens with one attached hydrogen (secondary N) is 1. The minimum absolute atomic E-state index is 0.00841. The fourth-order valence-electron chi connectivity index (χ4n) is 3.26. The lowest BCUT2D eigenvalue weighted by Gasteiger charge is -2.12. The fraction of sp³-hybridized carbons (Fsp3) is 0.0435. The molecule has 2 N–H and O–H groups in total. The lowest BCUT2D eigenvalue weighted by molar-refractivity contribution is -0.137. The van der Waals surface area contributed by atoms with Gasteiger partial charge in [-0.25, -0.2) is 9.36 Å². The number of carbonyl (C=O) groups is 1. The van der Waals surface area contributed by atoms with Crippen LogP contribution in [0.15, 0.2) is 77.6 Å². The maximum absolute atomic E-state index is 13.3. The van der Waals surface area contributed by atoms with Crippen LogP contribution in [0.3, 0.4) is 0 Å². The molecular formula is C23H14Cl2F3N3O3. The highest BCUT2D eigenvalue weighted by molar-refractivity contribution is 6.30. The molecule has 0 saturated heterocycles. The zero-order valence-electron chi connectivity index (χ0n) is 17.0. The quantitative estimate of drug-likeness (QED) is 0.360. The van der Waals surface area contributed by atoms with Gasteiger partial charge in [0.05, 0.1) is 16.9 Å². The Morgan fingerprint density at radius 3 is 1.74 bits per heavy atom. The molecule has 4 aromatic rings. The van der Waals surface area contributed by atoms with E-state index in [1.54, 1.807) is 0 Å². The van der Waals surface area contributed by atoms with E-state index in [1.807, 2.05) is 0 Å². The highest BCUT2D eigenvalue weighted by Crippen LogP contribution is 2.30. The largest absolute Gasteiger partial charge is 0.493 e. The number of rotatable bonds is 4. The average Bonchev–Trinajstić information content (AvgIpc) is 3.04. The van der Waals surface area contributed by atoms with Gasteiger partial charge in [0, 0.05) is 15.7 Å². The molecule has 0 saturated carbocycles. The molecule has 1 heterocycles. The molecule has 0 fully saturated rings. The summed E-state index contributed by atoms with van der Waals surface area (Å²) in [6, 6.07) is 15.9. The van der Waals surface area contributed by atoms with Gasteiger partial charge < -0.3 is 10.4 Å². The first-order chi connectivity index (χ1) is 16.1. The maximum atomic E-state index is 13.3. The van der Waals surface area contributed by atoms with E-state index < -0.39 is 34.6 Å². The molecule has 0 aliphatic rings. The van der Waals surface area contributed by atoms with E-state index in [0.29, 0.717) is 21.4 Å². The van der Waals surface area contributed by atoms with Crippen LogP contribution in [-0.2, 0) is 6.18 Å². The second-order valence-electron chi connectivity index (χ2n) is 7.11. The smallest absolute Gasteiger partial charge is 0.416 e. The first-order valence-electron chi connectivity index (χ1n) is 9.64. The number of halogens is 5. The van der Waals surface area contributed by atoms with E-state index in [-0.39, 0.29) is 5.69 Å². The van der Waals surface area contributed by atoms with Gasteiger partial charge >= 0.3 is 6.18 Å². The van der Waals surface area contributed by atoms with E-state index in [0.717, 1.165) is 33.6 Å². The molecule has 1 aromatic heterocycles. The summed E-state index contributed by atoms with van der Waals surface area (Å²) >= 11 is 11.9. The molecule has 3 aromatic carbocycles. The van der Waals surface area contributed by atoms with Crippen molar-refractivity contribution in [3.05, 3.63) is 104 Å². The second-order valence-corrected chi connectivity index (χ2v) is 7.98. The van der Waals surface area contributed by atoms with Gasteiger partial charge in [-0.1, -0.05) is 23.2 Å². The van der Waals surface area contributed by atoms with E-state index in [2.05, 4.69) is 5.32 Å². The molecule has 0 bridgehead atoms. The topological polar surface area (TPSA) is 76.3 Å². The van der Waals surface area contributed by atoms with Gasteiger partial charge in [-0.3, -0.25) is 9.59 Å². The highest BCUT2D eigenvalue weighted by atomic mass is 35.5. The van der Waals surface area contributed by atoms with Gasteiger partial charge in [0.25, 0.3) is 11.5 Å². The monoisotopic (exact) mass is 507 g/mol. The molecule has 0 aliphatic carbocycles. The first-order valence-corrected chi connectivity index (χ1v) is 10.4. The van der Waals surface area contributed by atoms with Crippen molar-refractivity contribution in [2.24, 2.45) is 0 Å². The zero-order valence-corrected chi connectivity index (χ0v) is 18.5. The second kappa shape index (κ2) is 8.92. The van der Waals surface area contributed by atoms with Crippen LogP contribution in [-0.4, -0.2) is 20.4 Å². The third kappa shape index (κ3) is 4.52. The Labute approximate surface area is 200 Å². The van der Waals surface area contributed by atoms with Crippen molar-refractivity contribution in [1.82, 2.24) is 9.36 Å². The summed E-state index contributed by atoms with van der Waals surface area (Å²) in [5, 5.41) is 14.1. The summed E-state index contributed by atoms with van der Waals surface area (Å²) in [4.78, 5) is 26.2. The molecule has 0 aliphatic heterocycles. The number of hydrogen-bond acceptors (Lipinski definition) is 3. The number of aromatic nitrogens is 2. The molecule has 6 nitrogen and oxygen atoms in total. The van der Waals surface area contributed by atoms with Gasteiger partial charge in [-0.2, -0.15) is 13.2 Å². The molecule has 4 rings (SSSR count). The van der Waals surface area contributed by atoms with Crippen LogP contribution in [0.2, 0.25) is 10.0 Å². The van der Waals surface area contributed by atoms with Crippen molar-refractivity contribution in [3.8, 4) is 17.3 Å². The summed E-state index contributed by atoms with van der Waals surface area (Å²) in [5.74, 6) is -1.68. The molecule has 174 valence electrons. The normalized spacial score (nSPS) is 11.4. The van der Waals surface area contributed by atoms with Gasteiger partial charge in [-0.05, 0) is 72.8 Å². The number of amides is 1. The number of alkyl halides is 3. The van der Waals surface area contributed by atoms with E-state index >= 15 is 0 Å². The van der Waals surface area contributed by atoms with Crippen molar-refractivity contribution in [3.63, 3.8) is 0 Å². The summed E-state index contributed by atoms with van der Waals surface area (Å²) < 4.78 is 40.5. The average molecular weight is 508 g/mol. The summed E-state index contributed by atoms with van der Waals surface area (Å²) in [6.45, 7) is 0. The standard InChI is InChI=1S/C23H14Cl2F3N3O3/c24-14-3-9-17(10-4-14)30-21(33)19(22(34)31(30)18-11-5-15(25)6-12-18)20(32)29-16-7-1-13(2-8-16)23(26,27)28/h1-12,33H,(H,29,32). The lowest BCUT2D eigenvalue weighted by atomic mass is 10.2. The van der Waals surface area contributed by atoms with Crippen molar-refractivity contribution in [1.29, 1.82) is 0 Å². The van der Waals surface area contributed by atoms with Crippen molar-refractivity contribution < 1.29 is 23.1 Å². The van der Waals surface area contributed by atoms with Gasteiger partial charge in [0.2, 0.25) is 5.88 Å². The Morgan fingerprint density at radius 1 is 0.794 bits per heavy atom. The van der Waals surface area contributed by atoms with Crippen LogP contribution < -0.4 is 10.9 Å². The Bertz CT molecular complexity index is 1410. The van der Waals surface area contributed by atoms with Crippen molar-refractivity contribution >= 4 is 34.8 Å².